The van der Waals surface area contributed by atoms with Gasteiger partial charge in [-0.15, -0.1) is 0 Å². The van der Waals surface area contributed by atoms with Crippen LogP contribution in [0.15, 0.2) is 18.3 Å². The second-order valence-corrected chi connectivity index (χ2v) is 4.92. The number of aliphatic carboxylic acids is 1. The predicted molar refractivity (Wildman–Crippen MR) is 61.9 cm³/mol. The summed E-state index contributed by atoms with van der Waals surface area (Å²) in [6.07, 6.45) is 4.02. The van der Waals surface area contributed by atoms with Gasteiger partial charge in [0, 0.05) is 12.2 Å². The first-order chi connectivity index (χ1) is 7.92. The molecule has 0 radical (unpaired) electrons. The van der Waals surface area contributed by atoms with Gasteiger partial charge in [-0.1, -0.05) is 0 Å². The fourth-order valence-electron chi connectivity index (χ4n) is 1.66. The van der Waals surface area contributed by atoms with Crippen LogP contribution in [0.5, 0.6) is 0 Å². The summed E-state index contributed by atoms with van der Waals surface area (Å²) in [6, 6.07) is 3.92. The summed E-state index contributed by atoms with van der Waals surface area (Å²) in [5.74, 6) is -1.38. The van der Waals surface area contributed by atoms with Gasteiger partial charge >= 0.3 is 5.97 Å². The van der Waals surface area contributed by atoms with Gasteiger partial charge in [-0.2, -0.15) is 0 Å². The molecule has 5 heteroatoms. The van der Waals surface area contributed by atoms with Crippen LogP contribution in [0.25, 0.3) is 0 Å². The highest BCUT2D eigenvalue weighted by atomic mass is 16.4. The molecular weight excluding hydrogens is 220 g/mol. The largest absolute Gasteiger partial charge is 0.480 e. The van der Waals surface area contributed by atoms with Crippen molar-refractivity contribution in [3.8, 4) is 0 Å². The van der Waals surface area contributed by atoms with E-state index >= 15 is 0 Å². The minimum atomic E-state index is -1.25. The van der Waals surface area contributed by atoms with Crippen molar-refractivity contribution in [2.75, 3.05) is 0 Å². The summed E-state index contributed by atoms with van der Waals surface area (Å²) < 4.78 is 1.91. The van der Waals surface area contributed by atoms with Gasteiger partial charge in [-0.25, -0.2) is 4.79 Å². The lowest BCUT2D eigenvalue weighted by Gasteiger charge is -2.21. The number of hydrogen-bond donors (Lipinski definition) is 2. The number of carbonyl (C=O) groups is 2. The Morgan fingerprint density at radius 1 is 1.47 bits per heavy atom. The van der Waals surface area contributed by atoms with Crippen LogP contribution in [0.2, 0.25) is 0 Å². The number of carbonyl (C=O) groups excluding carboxylic acids is 1. The Hall–Kier alpha value is -1.78. The van der Waals surface area contributed by atoms with Gasteiger partial charge in [-0.05, 0) is 38.8 Å². The zero-order valence-corrected chi connectivity index (χ0v) is 9.93. The lowest BCUT2D eigenvalue weighted by atomic mass is 10.1. The standard InChI is InChI=1S/C12H16N2O3/c1-12(2,11(16)17)13-10(15)9-4-3-7-14(9)8-5-6-8/h3-4,7-8H,5-6H2,1-2H3,(H,13,15)(H,16,17). The van der Waals surface area contributed by atoms with E-state index in [0.717, 1.165) is 12.8 Å². The van der Waals surface area contributed by atoms with Gasteiger partial charge in [0.1, 0.15) is 11.2 Å². The SMILES string of the molecule is CC(C)(NC(=O)c1cccn1C1CC1)C(=O)O. The predicted octanol–water partition coefficient (Wildman–Crippen LogP) is 1.42. The Balaban J connectivity index is 2.14. The average molecular weight is 236 g/mol. The van der Waals surface area contributed by atoms with Crippen LogP contribution >= 0.6 is 0 Å². The monoisotopic (exact) mass is 236 g/mol. The van der Waals surface area contributed by atoms with E-state index in [1.807, 2.05) is 10.8 Å². The fourth-order valence-corrected chi connectivity index (χ4v) is 1.66. The average Bonchev–Trinajstić information content (AvgIpc) is 2.95. The molecule has 1 fully saturated rings. The van der Waals surface area contributed by atoms with Crippen LogP contribution in [0, 0.1) is 0 Å². The first-order valence-corrected chi connectivity index (χ1v) is 5.64. The van der Waals surface area contributed by atoms with Crippen LogP contribution in [-0.2, 0) is 4.79 Å². The van der Waals surface area contributed by atoms with Gasteiger partial charge in [0.25, 0.3) is 5.91 Å². The number of carboxylic acids is 1. The lowest BCUT2D eigenvalue weighted by Crippen LogP contribution is -2.50. The molecule has 0 saturated heterocycles. The summed E-state index contributed by atoms with van der Waals surface area (Å²) in [5.41, 5.74) is -0.725. The summed E-state index contributed by atoms with van der Waals surface area (Å²) in [7, 11) is 0. The highest BCUT2D eigenvalue weighted by Gasteiger charge is 2.32. The normalized spacial score (nSPS) is 15.6. The smallest absolute Gasteiger partial charge is 0.328 e. The Morgan fingerprint density at radius 2 is 2.12 bits per heavy atom. The molecule has 1 amide bonds. The number of carboxylic acid groups (broad SMARTS) is 1. The number of nitrogens with zero attached hydrogens (tertiary/aromatic N) is 1. The Labute approximate surface area is 99.4 Å². The third-order valence-electron chi connectivity index (χ3n) is 2.91. The van der Waals surface area contributed by atoms with Crippen molar-refractivity contribution in [1.29, 1.82) is 0 Å². The number of rotatable bonds is 4. The lowest BCUT2D eigenvalue weighted by molar-refractivity contribution is -0.143. The molecule has 0 aliphatic heterocycles. The van der Waals surface area contributed by atoms with Crippen LogP contribution in [-0.4, -0.2) is 27.1 Å². The Bertz CT molecular complexity index is 458. The summed E-state index contributed by atoms with van der Waals surface area (Å²) in [4.78, 5) is 22.9. The molecule has 0 spiro atoms. The molecular formula is C12H16N2O3. The van der Waals surface area contributed by atoms with E-state index in [2.05, 4.69) is 5.32 Å². The zero-order chi connectivity index (χ0) is 12.6. The summed E-state index contributed by atoms with van der Waals surface area (Å²) in [6.45, 7) is 2.94. The molecule has 1 aliphatic carbocycles. The van der Waals surface area contributed by atoms with Crippen molar-refractivity contribution < 1.29 is 14.7 Å². The number of hydrogen-bond acceptors (Lipinski definition) is 2. The number of aromatic nitrogens is 1. The minimum Gasteiger partial charge on any atom is -0.480 e. The molecule has 1 aliphatic rings. The van der Waals surface area contributed by atoms with Crippen LogP contribution in [0.1, 0.15) is 43.2 Å². The van der Waals surface area contributed by atoms with E-state index in [1.54, 1.807) is 12.1 Å². The van der Waals surface area contributed by atoms with Gasteiger partial charge in [0.2, 0.25) is 0 Å². The van der Waals surface area contributed by atoms with E-state index < -0.39 is 11.5 Å². The molecule has 2 rings (SSSR count). The zero-order valence-electron chi connectivity index (χ0n) is 9.93. The maximum Gasteiger partial charge on any atom is 0.328 e. The molecule has 5 nitrogen and oxygen atoms in total. The van der Waals surface area contributed by atoms with E-state index in [4.69, 9.17) is 5.11 Å². The molecule has 92 valence electrons. The Morgan fingerprint density at radius 3 is 2.65 bits per heavy atom. The highest BCUT2D eigenvalue weighted by Crippen LogP contribution is 2.36. The molecule has 1 saturated carbocycles. The topological polar surface area (TPSA) is 71.3 Å². The quantitative estimate of drug-likeness (QED) is 0.830. The van der Waals surface area contributed by atoms with Gasteiger partial charge in [-0.3, -0.25) is 4.79 Å². The molecule has 1 aromatic rings. The first-order valence-electron chi connectivity index (χ1n) is 5.64. The first kappa shape index (κ1) is 11.7. The van der Waals surface area contributed by atoms with Crippen molar-refractivity contribution in [3.05, 3.63) is 24.0 Å². The van der Waals surface area contributed by atoms with E-state index in [-0.39, 0.29) is 5.91 Å². The second-order valence-electron chi connectivity index (χ2n) is 4.92. The van der Waals surface area contributed by atoms with Crippen LogP contribution in [0.4, 0.5) is 0 Å². The van der Waals surface area contributed by atoms with E-state index in [9.17, 15) is 9.59 Å². The maximum atomic E-state index is 12.0. The second kappa shape index (κ2) is 3.91. The van der Waals surface area contributed by atoms with Crippen molar-refractivity contribution in [1.82, 2.24) is 9.88 Å². The molecule has 0 atom stereocenters. The van der Waals surface area contributed by atoms with Crippen molar-refractivity contribution in [3.63, 3.8) is 0 Å². The molecule has 0 bridgehead atoms. The molecule has 1 aromatic heterocycles. The third-order valence-corrected chi connectivity index (χ3v) is 2.91. The molecule has 17 heavy (non-hydrogen) atoms. The number of nitrogens with one attached hydrogen (secondary N) is 1. The van der Waals surface area contributed by atoms with Gasteiger partial charge in [0.15, 0.2) is 0 Å². The van der Waals surface area contributed by atoms with Crippen LogP contribution < -0.4 is 5.32 Å². The molecule has 0 aromatic carbocycles. The van der Waals surface area contributed by atoms with Crippen molar-refractivity contribution in [2.45, 2.75) is 38.3 Å². The van der Waals surface area contributed by atoms with Crippen molar-refractivity contribution >= 4 is 11.9 Å². The third kappa shape index (κ3) is 2.33. The number of amides is 1. The van der Waals surface area contributed by atoms with Gasteiger partial charge < -0.3 is 15.0 Å². The minimum absolute atomic E-state index is 0.339. The summed E-state index contributed by atoms with van der Waals surface area (Å²) >= 11 is 0. The molecule has 2 N–H and O–H groups in total. The van der Waals surface area contributed by atoms with Gasteiger partial charge in [0.05, 0.1) is 0 Å². The van der Waals surface area contributed by atoms with Crippen LogP contribution in [0.3, 0.4) is 0 Å². The van der Waals surface area contributed by atoms with Crippen molar-refractivity contribution in [2.24, 2.45) is 0 Å². The summed E-state index contributed by atoms with van der Waals surface area (Å²) in [5, 5.41) is 11.5. The maximum absolute atomic E-state index is 12.0. The molecule has 0 unspecified atom stereocenters. The van der Waals surface area contributed by atoms with E-state index in [0.29, 0.717) is 11.7 Å². The fraction of sp³-hybridized carbons (Fsp3) is 0.500. The highest BCUT2D eigenvalue weighted by molar-refractivity contribution is 5.96. The van der Waals surface area contributed by atoms with E-state index in [1.165, 1.54) is 13.8 Å². The molecule has 1 heterocycles. The Kier molecular flexibility index (Phi) is 2.69.